The molecule has 0 radical (unpaired) electrons. The summed E-state index contributed by atoms with van der Waals surface area (Å²) in [6, 6.07) is 0.00338. The van der Waals surface area contributed by atoms with Gasteiger partial charge in [-0.1, -0.05) is 12.2 Å². The summed E-state index contributed by atoms with van der Waals surface area (Å²) in [7, 11) is 0. The third-order valence-corrected chi connectivity index (χ3v) is 5.85. The van der Waals surface area contributed by atoms with E-state index in [2.05, 4.69) is 0 Å². The zero-order chi connectivity index (χ0) is 17.8. The second kappa shape index (κ2) is 5.72. The summed E-state index contributed by atoms with van der Waals surface area (Å²) in [5, 5.41) is 9.50. The maximum Gasteiger partial charge on any atom is 0.409 e. The molecule has 0 saturated carbocycles. The van der Waals surface area contributed by atoms with Crippen molar-refractivity contribution in [3.63, 3.8) is 0 Å². The van der Waals surface area contributed by atoms with Crippen molar-refractivity contribution in [1.82, 2.24) is 9.80 Å². The van der Waals surface area contributed by atoms with Crippen molar-refractivity contribution < 1.29 is 29.0 Å². The van der Waals surface area contributed by atoms with E-state index in [4.69, 9.17) is 9.47 Å². The molecule has 1 spiro atoms. The van der Waals surface area contributed by atoms with Crippen LogP contribution >= 0.6 is 0 Å². The van der Waals surface area contributed by atoms with Crippen molar-refractivity contribution >= 4 is 18.0 Å². The van der Waals surface area contributed by atoms with Crippen molar-refractivity contribution in [2.75, 3.05) is 26.2 Å². The summed E-state index contributed by atoms with van der Waals surface area (Å²) < 4.78 is 10.9. The highest BCUT2D eigenvalue weighted by atomic mass is 16.6. The van der Waals surface area contributed by atoms with Gasteiger partial charge < -0.3 is 24.4 Å². The minimum atomic E-state index is -0.978. The first-order chi connectivity index (χ1) is 12.0. The summed E-state index contributed by atoms with van der Waals surface area (Å²) in [6.07, 6.45) is 4.15. The predicted molar refractivity (Wildman–Crippen MR) is 84.7 cm³/mol. The molecule has 25 heavy (non-hydrogen) atoms. The van der Waals surface area contributed by atoms with Crippen LogP contribution in [0.15, 0.2) is 12.2 Å². The van der Waals surface area contributed by atoms with Crippen LogP contribution in [0.3, 0.4) is 0 Å². The van der Waals surface area contributed by atoms with Crippen LogP contribution < -0.4 is 0 Å². The molecule has 2 bridgehead atoms. The lowest BCUT2D eigenvalue weighted by Crippen LogP contribution is -2.48. The molecule has 0 aromatic heterocycles. The fourth-order valence-corrected chi connectivity index (χ4v) is 4.69. The van der Waals surface area contributed by atoms with Crippen molar-refractivity contribution in [2.24, 2.45) is 11.8 Å². The van der Waals surface area contributed by atoms with E-state index in [0.29, 0.717) is 39.1 Å². The second-order valence-corrected chi connectivity index (χ2v) is 7.12. The molecule has 4 aliphatic rings. The Balaban J connectivity index is 1.46. The van der Waals surface area contributed by atoms with Gasteiger partial charge in [0.1, 0.15) is 11.5 Å². The van der Waals surface area contributed by atoms with Gasteiger partial charge in [0.2, 0.25) is 5.91 Å². The number of carboxylic acid groups (broad SMARTS) is 1. The average Bonchev–Trinajstić information content (AvgIpc) is 3.23. The summed E-state index contributed by atoms with van der Waals surface area (Å²) in [6.45, 7) is 3.58. The number of likely N-dealkylation sites (tertiary alicyclic amines) is 2. The molecule has 1 N–H and O–H groups in total. The van der Waals surface area contributed by atoms with E-state index in [9.17, 15) is 19.5 Å². The highest BCUT2D eigenvalue weighted by Crippen LogP contribution is 2.52. The normalized spacial score (nSPS) is 36.8. The molecule has 4 heterocycles. The highest BCUT2D eigenvalue weighted by molar-refractivity contribution is 5.91. The number of hydrogen-bond donors (Lipinski definition) is 1. The Morgan fingerprint density at radius 1 is 1.40 bits per heavy atom. The molecule has 136 valence electrons. The summed E-state index contributed by atoms with van der Waals surface area (Å²) in [4.78, 5) is 39.8. The van der Waals surface area contributed by atoms with Crippen molar-refractivity contribution in [2.45, 2.75) is 37.5 Å². The smallest absolute Gasteiger partial charge is 0.409 e. The van der Waals surface area contributed by atoms with Gasteiger partial charge in [-0.3, -0.25) is 9.59 Å². The number of nitrogens with zero attached hydrogens (tertiary/aromatic N) is 2. The van der Waals surface area contributed by atoms with Crippen LogP contribution in [0.25, 0.3) is 0 Å². The van der Waals surface area contributed by atoms with E-state index < -0.39 is 29.5 Å². The Labute approximate surface area is 145 Å². The zero-order valence-corrected chi connectivity index (χ0v) is 14.1. The zero-order valence-electron chi connectivity index (χ0n) is 14.1. The predicted octanol–water partition coefficient (Wildman–Crippen LogP) is 0.474. The molecule has 4 aliphatic heterocycles. The third-order valence-electron chi connectivity index (χ3n) is 5.85. The molecule has 3 fully saturated rings. The molecular weight excluding hydrogens is 328 g/mol. The fourth-order valence-electron chi connectivity index (χ4n) is 4.69. The molecule has 4 rings (SSSR count). The Morgan fingerprint density at radius 3 is 2.76 bits per heavy atom. The second-order valence-electron chi connectivity index (χ2n) is 7.12. The number of amides is 2. The van der Waals surface area contributed by atoms with E-state index in [0.717, 1.165) is 0 Å². The first kappa shape index (κ1) is 16.4. The Morgan fingerprint density at radius 2 is 2.12 bits per heavy atom. The van der Waals surface area contributed by atoms with Crippen LogP contribution in [-0.4, -0.2) is 76.9 Å². The average molecular weight is 350 g/mol. The lowest BCUT2D eigenvalue weighted by atomic mass is 9.77. The van der Waals surface area contributed by atoms with Crippen molar-refractivity contribution in [1.29, 1.82) is 0 Å². The number of aliphatic carboxylic acids is 1. The molecule has 0 aliphatic carbocycles. The van der Waals surface area contributed by atoms with Gasteiger partial charge in [-0.25, -0.2) is 4.79 Å². The molecule has 3 saturated heterocycles. The molecule has 8 heteroatoms. The maximum atomic E-state index is 12.9. The van der Waals surface area contributed by atoms with Crippen molar-refractivity contribution in [3.05, 3.63) is 12.2 Å². The van der Waals surface area contributed by atoms with Crippen LogP contribution in [0.2, 0.25) is 0 Å². The van der Waals surface area contributed by atoms with Crippen molar-refractivity contribution in [3.8, 4) is 0 Å². The van der Waals surface area contributed by atoms with E-state index in [1.54, 1.807) is 22.8 Å². The lowest BCUT2D eigenvalue weighted by Gasteiger charge is -2.37. The molecule has 8 nitrogen and oxygen atoms in total. The van der Waals surface area contributed by atoms with Crippen LogP contribution in [0.1, 0.15) is 19.8 Å². The van der Waals surface area contributed by atoms with Crippen LogP contribution in [0.5, 0.6) is 0 Å². The number of rotatable bonds is 3. The molecule has 0 unspecified atom stereocenters. The van der Waals surface area contributed by atoms with Gasteiger partial charge in [0.05, 0.1) is 25.2 Å². The largest absolute Gasteiger partial charge is 0.481 e. The van der Waals surface area contributed by atoms with Crippen LogP contribution in [0, 0.1) is 11.8 Å². The van der Waals surface area contributed by atoms with Crippen LogP contribution in [0.4, 0.5) is 4.79 Å². The Hall–Kier alpha value is -2.09. The summed E-state index contributed by atoms with van der Waals surface area (Å²) in [5.41, 5.74) is -0.789. The molecule has 0 aromatic carbocycles. The standard InChI is InChI=1S/C17H22N2O6/c1-2-24-16(23)18-7-4-10(5-8-18)19-9-17-6-3-11(25-17)12(15(21)22)13(17)14(19)20/h3,6,10-13H,2,4-5,7-9H2,1H3,(H,21,22)/t11-,12-,13-,17+/m0/s1. The molecule has 4 atom stereocenters. The van der Waals surface area contributed by atoms with E-state index in [-0.39, 0.29) is 18.0 Å². The molecular formula is C17H22N2O6. The van der Waals surface area contributed by atoms with Gasteiger partial charge in [-0.05, 0) is 19.8 Å². The third kappa shape index (κ3) is 2.34. The number of piperidine rings is 1. The van der Waals surface area contributed by atoms with Gasteiger partial charge in [-0.2, -0.15) is 0 Å². The minimum absolute atomic E-state index is 0.00338. The Bertz CT molecular complexity index is 641. The van der Waals surface area contributed by atoms with Gasteiger partial charge in [0, 0.05) is 19.1 Å². The van der Waals surface area contributed by atoms with E-state index in [1.165, 1.54) is 0 Å². The number of carbonyl (C=O) groups excluding carboxylic acids is 2. The van der Waals surface area contributed by atoms with Gasteiger partial charge in [0.15, 0.2) is 0 Å². The highest BCUT2D eigenvalue weighted by Gasteiger charge is 2.67. The van der Waals surface area contributed by atoms with E-state index in [1.807, 2.05) is 6.08 Å². The number of hydrogen-bond acceptors (Lipinski definition) is 5. The molecule has 0 aromatic rings. The topological polar surface area (TPSA) is 96.4 Å². The lowest BCUT2D eigenvalue weighted by molar-refractivity contribution is -0.148. The number of fused-ring (bicyclic) bond motifs is 1. The van der Waals surface area contributed by atoms with Gasteiger partial charge in [0.25, 0.3) is 0 Å². The number of carboxylic acids is 1. The SMILES string of the molecule is CCOC(=O)N1CCC(N2C[C@@]34C=C[C@H](O3)[C@H](C(=O)O)[C@H]4C2=O)CC1. The quantitative estimate of drug-likeness (QED) is 0.744. The summed E-state index contributed by atoms with van der Waals surface area (Å²) >= 11 is 0. The first-order valence-electron chi connectivity index (χ1n) is 8.79. The number of carbonyl (C=O) groups is 3. The maximum absolute atomic E-state index is 12.9. The first-order valence-corrected chi connectivity index (χ1v) is 8.79. The number of ether oxygens (including phenoxy) is 2. The van der Waals surface area contributed by atoms with E-state index >= 15 is 0 Å². The fraction of sp³-hybridized carbons (Fsp3) is 0.706. The monoisotopic (exact) mass is 350 g/mol. The van der Waals surface area contributed by atoms with Gasteiger partial charge >= 0.3 is 12.1 Å². The molecule has 2 amide bonds. The van der Waals surface area contributed by atoms with Gasteiger partial charge in [-0.15, -0.1) is 0 Å². The minimum Gasteiger partial charge on any atom is -0.481 e. The van der Waals surface area contributed by atoms with Crippen LogP contribution in [-0.2, 0) is 19.1 Å². The Kier molecular flexibility index (Phi) is 3.75. The summed E-state index contributed by atoms with van der Waals surface area (Å²) in [5.74, 6) is -2.55.